The van der Waals surface area contributed by atoms with Crippen molar-refractivity contribution >= 4 is 28.7 Å². The molecule has 10 heteroatoms. The Kier molecular flexibility index (Phi) is 4.98. The molecule has 1 aliphatic rings. The molecule has 0 saturated carbocycles. The molecule has 0 bridgehead atoms. The molecule has 1 N–H and O–H groups in total. The number of nitrogens with zero attached hydrogens (tertiary/aromatic N) is 5. The van der Waals surface area contributed by atoms with Crippen LogP contribution in [0.15, 0.2) is 20.7 Å². The van der Waals surface area contributed by atoms with E-state index in [4.69, 9.17) is 16.3 Å². The van der Waals surface area contributed by atoms with E-state index >= 15 is 0 Å². The average molecular weight is 369 g/mol. The number of halogens is 1. The molecule has 136 valence electrons. The number of hydrogen-bond acceptors (Lipinski definition) is 6. The number of hydrazine groups is 1. The van der Waals surface area contributed by atoms with Gasteiger partial charge in [-0.2, -0.15) is 4.98 Å². The first kappa shape index (κ1) is 17.7. The van der Waals surface area contributed by atoms with Gasteiger partial charge in [0.1, 0.15) is 0 Å². The Labute approximate surface area is 149 Å². The maximum atomic E-state index is 12.6. The zero-order valence-electron chi connectivity index (χ0n) is 14.5. The van der Waals surface area contributed by atoms with E-state index in [0.717, 1.165) is 4.57 Å². The van der Waals surface area contributed by atoms with Crippen LogP contribution in [0, 0.1) is 0 Å². The quantitative estimate of drug-likeness (QED) is 0.831. The fourth-order valence-corrected chi connectivity index (χ4v) is 2.81. The van der Waals surface area contributed by atoms with Crippen LogP contribution in [-0.4, -0.2) is 50.0 Å². The molecule has 3 rings (SSSR count). The zero-order chi connectivity index (χ0) is 18.1. The zero-order valence-corrected chi connectivity index (χ0v) is 15.2. The molecule has 3 heterocycles. The molecule has 1 aliphatic heterocycles. The number of morpholine rings is 1. The fourth-order valence-electron chi connectivity index (χ4n) is 2.74. The second-order valence-electron chi connectivity index (χ2n) is 5.93. The van der Waals surface area contributed by atoms with Crippen LogP contribution in [0.2, 0.25) is 0 Å². The van der Waals surface area contributed by atoms with E-state index < -0.39 is 5.69 Å². The summed E-state index contributed by atoms with van der Waals surface area (Å²) in [5, 5.41) is 2.59. The van der Waals surface area contributed by atoms with Crippen LogP contribution in [0.3, 0.4) is 0 Å². The Morgan fingerprint density at radius 2 is 1.96 bits per heavy atom. The molecule has 1 saturated heterocycles. The van der Waals surface area contributed by atoms with E-state index in [1.807, 2.05) is 5.01 Å². The highest BCUT2D eigenvalue weighted by molar-refractivity contribution is 6.29. The number of hydrogen-bond donors (Lipinski definition) is 1. The van der Waals surface area contributed by atoms with E-state index in [0.29, 0.717) is 55.0 Å². The Balaban J connectivity index is 2.17. The van der Waals surface area contributed by atoms with Gasteiger partial charge in [0.05, 0.1) is 13.2 Å². The third-order valence-corrected chi connectivity index (χ3v) is 4.33. The number of fused-ring (bicyclic) bond motifs is 1. The fraction of sp³-hybridized carbons (Fsp3) is 0.533. The first-order chi connectivity index (χ1) is 11.9. The number of allylic oxidation sites excluding steroid dienone is 2. The van der Waals surface area contributed by atoms with Crippen molar-refractivity contribution in [3.05, 3.63) is 31.9 Å². The molecule has 0 amide bonds. The predicted molar refractivity (Wildman–Crippen MR) is 95.8 cm³/mol. The molecule has 0 radical (unpaired) electrons. The minimum absolute atomic E-state index is 0.337. The van der Waals surface area contributed by atoms with Gasteiger partial charge in [0, 0.05) is 38.8 Å². The lowest BCUT2D eigenvalue weighted by Gasteiger charge is -2.27. The Hall–Kier alpha value is -2.10. The van der Waals surface area contributed by atoms with Crippen molar-refractivity contribution in [3.63, 3.8) is 0 Å². The number of imidazole rings is 1. The summed E-state index contributed by atoms with van der Waals surface area (Å²) in [7, 11) is 3.06. The van der Waals surface area contributed by atoms with Gasteiger partial charge in [-0.25, -0.2) is 9.80 Å². The molecular formula is C15H21ClN6O3. The van der Waals surface area contributed by atoms with Crippen LogP contribution in [0.1, 0.15) is 6.92 Å². The number of rotatable bonds is 4. The molecule has 0 spiro atoms. The van der Waals surface area contributed by atoms with Crippen molar-refractivity contribution in [3.8, 4) is 0 Å². The maximum absolute atomic E-state index is 12.6. The van der Waals surface area contributed by atoms with Gasteiger partial charge in [0.2, 0.25) is 5.95 Å². The number of anilines is 1. The van der Waals surface area contributed by atoms with Crippen molar-refractivity contribution in [1.82, 2.24) is 23.7 Å². The summed E-state index contributed by atoms with van der Waals surface area (Å²) in [6.07, 6.45) is 1.79. The highest BCUT2D eigenvalue weighted by Gasteiger charge is 2.20. The second-order valence-corrected chi connectivity index (χ2v) is 6.52. The summed E-state index contributed by atoms with van der Waals surface area (Å²) >= 11 is 5.96. The summed E-state index contributed by atoms with van der Waals surface area (Å²) in [5.41, 5.74) is 3.12. The van der Waals surface area contributed by atoms with Crippen LogP contribution in [-0.2, 0) is 25.4 Å². The molecule has 0 aliphatic carbocycles. The lowest BCUT2D eigenvalue weighted by molar-refractivity contribution is 0.0491. The van der Waals surface area contributed by atoms with Crippen molar-refractivity contribution in [1.29, 1.82) is 0 Å². The molecular weight excluding hydrogens is 348 g/mol. The number of nitrogens with one attached hydrogen (secondary N) is 1. The van der Waals surface area contributed by atoms with Gasteiger partial charge < -0.3 is 4.74 Å². The third-order valence-electron chi connectivity index (χ3n) is 4.17. The summed E-state index contributed by atoms with van der Waals surface area (Å²) in [6, 6.07) is 0. The van der Waals surface area contributed by atoms with Gasteiger partial charge in [-0.15, -0.1) is 0 Å². The highest BCUT2D eigenvalue weighted by Crippen LogP contribution is 2.17. The third kappa shape index (κ3) is 3.35. The second kappa shape index (κ2) is 7.03. The lowest BCUT2D eigenvalue weighted by Crippen LogP contribution is -2.41. The van der Waals surface area contributed by atoms with Crippen LogP contribution in [0.4, 0.5) is 5.95 Å². The van der Waals surface area contributed by atoms with Crippen LogP contribution in [0.5, 0.6) is 0 Å². The normalized spacial score (nSPS) is 16.6. The summed E-state index contributed by atoms with van der Waals surface area (Å²) in [6.45, 7) is 4.77. The molecule has 1 fully saturated rings. The molecule has 0 atom stereocenters. The molecule has 0 aromatic carbocycles. The van der Waals surface area contributed by atoms with Crippen molar-refractivity contribution in [2.75, 3.05) is 31.7 Å². The van der Waals surface area contributed by atoms with Crippen LogP contribution < -0.4 is 16.7 Å². The monoisotopic (exact) mass is 368 g/mol. The Morgan fingerprint density at radius 1 is 1.28 bits per heavy atom. The Morgan fingerprint density at radius 3 is 2.60 bits per heavy atom. The van der Waals surface area contributed by atoms with Crippen LogP contribution in [0.25, 0.3) is 11.2 Å². The SMILES string of the molecule is CC(Cl)=CCn1c(NN2CCOCC2)nc2c1c(=O)n(C)c(=O)n2C. The summed E-state index contributed by atoms with van der Waals surface area (Å²) < 4.78 is 9.52. The average Bonchev–Trinajstić information content (AvgIpc) is 2.95. The lowest BCUT2D eigenvalue weighted by atomic mass is 10.4. The van der Waals surface area contributed by atoms with Crippen molar-refractivity contribution in [2.24, 2.45) is 14.1 Å². The first-order valence-corrected chi connectivity index (χ1v) is 8.36. The highest BCUT2D eigenvalue weighted by atomic mass is 35.5. The minimum Gasteiger partial charge on any atom is -0.379 e. The van der Waals surface area contributed by atoms with Gasteiger partial charge in [0.25, 0.3) is 5.56 Å². The van der Waals surface area contributed by atoms with Crippen molar-refractivity contribution < 1.29 is 4.74 Å². The van der Waals surface area contributed by atoms with E-state index in [-0.39, 0.29) is 5.56 Å². The first-order valence-electron chi connectivity index (χ1n) is 7.98. The topological polar surface area (TPSA) is 86.3 Å². The van der Waals surface area contributed by atoms with Gasteiger partial charge in [-0.05, 0) is 6.92 Å². The summed E-state index contributed by atoms with van der Waals surface area (Å²) in [5.74, 6) is 0.490. The number of aryl methyl sites for hydroxylation is 1. The van der Waals surface area contributed by atoms with E-state index in [9.17, 15) is 9.59 Å². The number of aromatic nitrogens is 4. The largest absolute Gasteiger partial charge is 0.379 e. The molecule has 2 aromatic rings. The standard InChI is InChI=1S/C15H21ClN6O3/c1-10(16)4-5-22-11-12(19(2)15(24)20(3)13(11)23)17-14(22)18-21-6-8-25-9-7-21/h4H,5-9H2,1-3H3,(H,17,18). The minimum atomic E-state index is -0.413. The van der Waals surface area contributed by atoms with E-state index in [1.165, 1.54) is 11.6 Å². The molecule has 9 nitrogen and oxygen atoms in total. The van der Waals surface area contributed by atoms with Crippen molar-refractivity contribution in [2.45, 2.75) is 13.5 Å². The molecule has 0 unspecified atom stereocenters. The molecule has 25 heavy (non-hydrogen) atoms. The smallest absolute Gasteiger partial charge is 0.332 e. The van der Waals surface area contributed by atoms with Crippen LogP contribution >= 0.6 is 11.6 Å². The van der Waals surface area contributed by atoms with E-state index in [2.05, 4.69) is 10.4 Å². The maximum Gasteiger partial charge on any atom is 0.332 e. The van der Waals surface area contributed by atoms with Gasteiger partial charge in [-0.1, -0.05) is 17.7 Å². The molecule has 2 aromatic heterocycles. The Bertz CT molecular complexity index is 931. The van der Waals surface area contributed by atoms with Gasteiger partial charge in [-0.3, -0.25) is 23.9 Å². The van der Waals surface area contributed by atoms with E-state index in [1.54, 1.807) is 24.6 Å². The predicted octanol–water partition coefficient (Wildman–Crippen LogP) is 0.235. The van der Waals surface area contributed by atoms with Gasteiger partial charge in [0.15, 0.2) is 11.2 Å². The summed E-state index contributed by atoms with van der Waals surface area (Å²) in [4.78, 5) is 29.3. The number of ether oxygens (including phenoxy) is 1. The van der Waals surface area contributed by atoms with Gasteiger partial charge >= 0.3 is 5.69 Å².